The van der Waals surface area contributed by atoms with E-state index in [9.17, 15) is 4.79 Å². The van der Waals surface area contributed by atoms with Gasteiger partial charge in [-0.15, -0.1) is 5.10 Å². The van der Waals surface area contributed by atoms with Crippen LogP contribution in [0.1, 0.15) is 34.3 Å². The molecule has 140 valence electrons. The van der Waals surface area contributed by atoms with E-state index in [0.29, 0.717) is 29.4 Å². The summed E-state index contributed by atoms with van der Waals surface area (Å²) in [5.74, 6) is 0.806. The number of hydrogen-bond donors (Lipinski definition) is 1. The molecule has 27 heavy (non-hydrogen) atoms. The van der Waals surface area contributed by atoms with E-state index in [0.717, 1.165) is 12.0 Å². The lowest BCUT2D eigenvalue weighted by atomic mass is 10.1. The monoisotopic (exact) mass is 367 g/mol. The summed E-state index contributed by atoms with van der Waals surface area (Å²) < 4.78 is 16.0. The number of para-hydroxylation sites is 1. The molecule has 2 aromatic carbocycles. The Balaban J connectivity index is 1.71. The molecule has 3 aromatic rings. The molecule has 0 saturated heterocycles. The second kappa shape index (κ2) is 8.35. The number of aryl methyl sites for hydroxylation is 1. The molecule has 1 amide bonds. The van der Waals surface area contributed by atoms with Crippen LogP contribution in [0.5, 0.6) is 11.5 Å². The average molecular weight is 367 g/mol. The van der Waals surface area contributed by atoms with Crippen LogP contribution in [-0.2, 0) is 12.8 Å². The molecule has 1 N–H and O–H groups in total. The number of nitrogens with zero attached hydrogens (tertiary/aromatic N) is 2. The third-order valence-corrected chi connectivity index (χ3v) is 4.12. The fourth-order valence-electron chi connectivity index (χ4n) is 2.67. The third kappa shape index (κ3) is 4.25. The molecule has 0 aliphatic heterocycles. The zero-order valence-corrected chi connectivity index (χ0v) is 15.5. The van der Waals surface area contributed by atoms with Gasteiger partial charge in [-0.2, -0.15) is 0 Å². The van der Waals surface area contributed by atoms with Gasteiger partial charge in [0.2, 0.25) is 5.89 Å². The van der Waals surface area contributed by atoms with Crippen LogP contribution in [0.4, 0.5) is 6.01 Å². The first-order valence-corrected chi connectivity index (χ1v) is 8.57. The van der Waals surface area contributed by atoms with Crippen molar-refractivity contribution in [3.05, 3.63) is 65.0 Å². The minimum absolute atomic E-state index is 0.0325. The third-order valence-electron chi connectivity index (χ3n) is 4.12. The number of carbonyl (C=O) groups is 1. The van der Waals surface area contributed by atoms with Crippen LogP contribution < -0.4 is 14.8 Å². The number of rotatable bonds is 7. The van der Waals surface area contributed by atoms with Gasteiger partial charge in [0.25, 0.3) is 5.91 Å². The van der Waals surface area contributed by atoms with Gasteiger partial charge >= 0.3 is 6.01 Å². The topological polar surface area (TPSA) is 86.5 Å². The van der Waals surface area contributed by atoms with Crippen LogP contribution in [0.15, 0.2) is 46.9 Å². The summed E-state index contributed by atoms with van der Waals surface area (Å²) in [5.41, 5.74) is 2.64. The zero-order valence-electron chi connectivity index (χ0n) is 15.5. The van der Waals surface area contributed by atoms with Gasteiger partial charge in [0, 0.05) is 0 Å². The van der Waals surface area contributed by atoms with E-state index >= 15 is 0 Å². The van der Waals surface area contributed by atoms with Gasteiger partial charge in [0.15, 0.2) is 11.5 Å². The molecule has 0 aliphatic rings. The maximum Gasteiger partial charge on any atom is 0.322 e. The van der Waals surface area contributed by atoms with Gasteiger partial charge in [-0.05, 0) is 29.7 Å². The Morgan fingerprint density at radius 2 is 1.78 bits per heavy atom. The Labute approximate surface area is 157 Å². The van der Waals surface area contributed by atoms with Gasteiger partial charge in [-0.3, -0.25) is 10.1 Å². The molecule has 0 unspecified atom stereocenters. The Hall–Kier alpha value is -3.35. The summed E-state index contributed by atoms with van der Waals surface area (Å²) in [6.45, 7) is 2.11. The molecule has 0 fully saturated rings. The number of anilines is 1. The molecule has 7 heteroatoms. The quantitative estimate of drug-likeness (QED) is 0.688. The van der Waals surface area contributed by atoms with E-state index in [2.05, 4.69) is 34.6 Å². The van der Waals surface area contributed by atoms with Crippen molar-refractivity contribution in [1.29, 1.82) is 0 Å². The second-order valence-electron chi connectivity index (χ2n) is 5.84. The number of carbonyl (C=O) groups excluding carboxylic acids is 1. The van der Waals surface area contributed by atoms with E-state index in [1.54, 1.807) is 18.2 Å². The highest BCUT2D eigenvalue weighted by Crippen LogP contribution is 2.31. The highest BCUT2D eigenvalue weighted by atomic mass is 16.5. The van der Waals surface area contributed by atoms with Gasteiger partial charge in [0.1, 0.15) is 0 Å². The normalized spacial score (nSPS) is 10.5. The predicted molar refractivity (Wildman–Crippen MR) is 100 cm³/mol. The summed E-state index contributed by atoms with van der Waals surface area (Å²) in [4.78, 5) is 12.5. The van der Waals surface area contributed by atoms with Crippen molar-refractivity contribution in [3.63, 3.8) is 0 Å². The fourth-order valence-corrected chi connectivity index (χ4v) is 2.67. The van der Waals surface area contributed by atoms with Crippen molar-refractivity contribution in [2.24, 2.45) is 0 Å². The number of aromatic nitrogens is 2. The number of amides is 1. The molecule has 1 heterocycles. The minimum atomic E-state index is -0.423. The zero-order chi connectivity index (χ0) is 19.2. The SMILES string of the molecule is CCc1ccc(Cc2nnc(NC(=O)c3cccc(OC)c3OC)o2)cc1. The molecule has 7 nitrogen and oxygen atoms in total. The van der Waals surface area contributed by atoms with Gasteiger partial charge in [0.05, 0.1) is 26.2 Å². The number of benzene rings is 2. The van der Waals surface area contributed by atoms with Crippen molar-refractivity contribution >= 4 is 11.9 Å². The van der Waals surface area contributed by atoms with Crippen molar-refractivity contribution in [1.82, 2.24) is 10.2 Å². The largest absolute Gasteiger partial charge is 0.493 e. The lowest BCUT2D eigenvalue weighted by Crippen LogP contribution is -2.13. The van der Waals surface area contributed by atoms with Crippen molar-refractivity contribution < 1.29 is 18.7 Å². The summed E-state index contributed by atoms with van der Waals surface area (Å²) >= 11 is 0. The maximum absolute atomic E-state index is 12.5. The Morgan fingerprint density at radius 1 is 1.04 bits per heavy atom. The first-order valence-electron chi connectivity index (χ1n) is 8.57. The maximum atomic E-state index is 12.5. The van der Waals surface area contributed by atoms with E-state index < -0.39 is 5.91 Å². The van der Waals surface area contributed by atoms with E-state index in [-0.39, 0.29) is 6.01 Å². The Kier molecular flexibility index (Phi) is 5.71. The fraction of sp³-hybridized carbons (Fsp3) is 0.250. The smallest absolute Gasteiger partial charge is 0.322 e. The molecular formula is C20H21N3O4. The number of ether oxygens (including phenoxy) is 2. The van der Waals surface area contributed by atoms with Crippen molar-refractivity contribution in [2.45, 2.75) is 19.8 Å². The molecule has 0 radical (unpaired) electrons. The predicted octanol–water partition coefficient (Wildman–Crippen LogP) is 3.49. The van der Waals surface area contributed by atoms with Crippen LogP contribution in [0, 0.1) is 0 Å². The van der Waals surface area contributed by atoms with Crippen LogP contribution in [0.25, 0.3) is 0 Å². The molecule has 3 rings (SSSR count). The van der Waals surface area contributed by atoms with E-state index in [1.807, 2.05) is 12.1 Å². The highest BCUT2D eigenvalue weighted by molar-refractivity contribution is 6.05. The Morgan fingerprint density at radius 3 is 2.44 bits per heavy atom. The summed E-state index contributed by atoms with van der Waals surface area (Å²) in [5, 5.41) is 10.5. The lowest BCUT2D eigenvalue weighted by Gasteiger charge is -2.11. The second-order valence-corrected chi connectivity index (χ2v) is 5.84. The van der Waals surface area contributed by atoms with E-state index in [1.165, 1.54) is 19.8 Å². The first-order chi connectivity index (χ1) is 13.1. The van der Waals surface area contributed by atoms with Crippen LogP contribution >= 0.6 is 0 Å². The molecule has 0 atom stereocenters. The standard InChI is InChI=1S/C20H21N3O4/c1-4-13-8-10-14(11-9-13)12-17-22-23-20(27-17)21-19(24)15-6-5-7-16(25-2)18(15)26-3/h5-11H,4,12H2,1-3H3,(H,21,23,24). The van der Waals surface area contributed by atoms with Crippen molar-refractivity contribution in [2.75, 3.05) is 19.5 Å². The van der Waals surface area contributed by atoms with Crippen LogP contribution in [-0.4, -0.2) is 30.3 Å². The number of nitrogens with one attached hydrogen (secondary N) is 1. The van der Waals surface area contributed by atoms with Gasteiger partial charge in [-0.1, -0.05) is 42.4 Å². The highest BCUT2D eigenvalue weighted by Gasteiger charge is 2.18. The van der Waals surface area contributed by atoms with Crippen LogP contribution in [0.2, 0.25) is 0 Å². The number of hydrogen-bond acceptors (Lipinski definition) is 6. The average Bonchev–Trinajstić information content (AvgIpc) is 3.14. The van der Waals surface area contributed by atoms with Gasteiger partial charge in [-0.25, -0.2) is 0 Å². The summed E-state index contributed by atoms with van der Waals surface area (Å²) in [6.07, 6.45) is 1.49. The Bertz CT molecular complexity index is 919. The van der Waals surface area contributed by atoms with Crippen LogP contribution in [0.3, 0.4) is 0 Å². The molecule has 0 spiro atoms. The van der Waals surface area contributed by atoms with Gasteiger partial charge < -0.3 is 13.9 Å². The minimum Gasteiger partial charge on any atom is -0.493 e. The first kappa shape index (κ1) is 18.4. The number of methoxy groups -OCH3 is 2. The molecule has 0 saturated carbocycles. The molecular weight excluding hydrogens is 346 g/mol. The van der Waals surface area contributed by atoms with E-state index in [4.69, 9.17) is 13.9 Å². The summed E-state index contributed by atoms with van der Waals surface area (Å²) in [7, 11) is 2.99. The molecule has 1 aromatic heterocycles. The molecule has 0 aliphatic carbocycles. The van der Waals surface area contributed by atoms with Crippen molar-refractivity contribution in [3.8, 4) is 11.5 Å². The lowest BCUT2D eigenvalue weighted by molar-refractivity contribution is 0.102. The summed E-state index contributed by atoms with van der Waals surface area (Å²) in [6, 6.07) is 13.3. The molecule has 0 bridgehead atoms.